The van der Waals surface area contributed by atoms with Crippen LogP contribution >= 0.6 is 34.4 Å². The summed E-state index contributed by atoms with van der Waals surface area (Å²) in [5.74, 6) is 0. The van der Waals surface area contributed by atoms with Crippen LogP contribution in [0.1, 0.15) is 18.4 Å². The van der Waals surface area contributed by atoms with Gasteiger partial charge in [-0.05, 0) is 30.3 Å². The first kappa shape index (κ1) is 12.1. The van der Waals surface area contributed by atoms with Crippen LogP contribution in [0.4, 0.5) is 0 Å². The minimum atomic E-state index is 0.984. The minimum Gasteiger partial charge on any atom is -0.229 e. The number of fused-ring (bicyclic) bond motifs is 1. The summed E-state index contributed by atoms with van der Waals surface area (Å²) in [4.78, 5) is 4.58. The summed E-state index contributed by atoms with van der Waals surface area (Å²) >= 11 is 4.99. The second-order valence-corrected chi connectivity index (χ2v) is 7.35. The number of hydrogen-bond acceptors (Lipinski definition) is 6. The molecular weight excluding hydrogens is 282 g/mol. The highest BCUT2D eigenvalue weighted by molar-refractivity contribution is 8.02. The van der Waals surface area contributed by atoms with E-state index in [4.69, 9.17) is 0 Å². The molecule has 3 nitrogen and oxygen atoms in total. The Labute approximate surface area is 117 Å². The van der Waals surface area contributed by atoms with Crippen LogP contribution in [0.15, 0.2) is 32.9 Å². The monoisotopic (exact) mass is 293 g/mol. The predicted molar refractivity (Wildman–Crippen MR) is 77.6 cm³/mol. The molecule has 0 unspecified atom stereocenters. The highest BCUT2D eigenvalue weighted by atomic mass is 32.2. The normalized spacial score (nSPS) is 11.2. The first-order valence-corrected chi connectivity index (χ1v) is 8.16. The Balaban J connectivity index is 1.82. The lowest BCUT2D eigenvalue weighted by molar-refractivity contribution is 0.866. The van der Waals surface area contributed by atoms with E-state index in [0.717, 1.165) is 32.0 Å². The van der Waals surface area contributed by atoms with E-state index in [9.17, 15) is 0 Å². The lowest BCUT2D eigenvalue weighted by Crippen LogP contribution is -1.79. The first-order valence-electron chi connectivity index (χ1n) is 5.71. The number of thiazole rings is 1. The molecule has 0 aliphatic heterocycles. The van der Waals surface area contributed by atoms with Gasteiger partial charge in [-0.15, -0.1) is 21.5 Å². The third-order valence-electron chi connectivity index (χ3n) is 2.36. The molecule has 3 aromatic rings. The van der Waals surface area contributed by atoms with Crippen molar-refractivity contribution in [3.8, 4) is 0 Å². The van der Waals surface area contributed by atoms with E-state index in [0.29, 0.717) is 0 Å². The molecule has 1 aromatic carbocycles. The Bertz CT molecular complexity index is 626. The Morgan fingerprint density at radius 2 is 2.00 bits per heavy atom. The molecule has 18 heavy (non-hydrogen) atoms. The van der Waals surface area contributed by atoms with E-state index in [1.165, 1.54) is 4.70 Å². The van der Waals surface area contributed by atoms with Gasteiger partial charge in [-0.25, -0.2) is 4.98 Å². The molecule has 92 valence electrons. The fourth-order valence-electron chi connectivity index (χ4n) is 1.56. The Morgan fingerprint density at radius 1 is 1.11 bits per heavy atom. The zero-order valence-corrected chi connectivity index (χ0v) is 12.2. The Kier molecular flexibility index (Phi) is 3.58. The number of aromatic nitrogens is 3. The largest absolute Gasteiger partial charge is 0.229 e. The second kappa shape index (κ2) is 5.34. The van der Waals surface area contributed by atoms with Gasteiger partial charge in [0, 0.05) is 6.42 Å². The Hall–Kier alpha value is -0.980. The fourth-order valence-corrected chi connectivity index (χ4v) is 4.83. The van der Waals surface area contributed by atoms with Gasteiger partial charge >= 0.3 is 0 Å². The topological polar surface area (TPSA) is 38.7 Å². The minimum absolute atomic E-state index is 0.984. The fraction of sp³-hybridized carbons (Fsp3) is 0.250. The zero-order valence-electron chi connectivity index (χ0n) is 9.79. The third-order valence-corrected chi connectivity index (χ3v) is 5.49. The number of benzene rings is 1. The smallest absolute Gasteiger partial charge is 0.181 e. The summed E-state index contributed by atoms with van der Waals surface area (Å²) in [5, 5.41) is 9.49. The number of rotatable bonds is 4. The molecule has 0 saturated carbocycles. The summed E-state index contributed by atoms with van der Waals surface area (Å²) in [6, 6.07) is 8.19. The first-order chi connectivity index (χ1) is 8.85. The highest BCUT2D eigenvalue weighted by Crippen LogP contribution is 2.35. The summed E-state index contributed by atoms with van der Waals surface area (Å²) in [5.41, 5.74) is 1.06. The number of aryl methyl sites for hydroxylation is 1. The molecular formula is C12H11N3S3. The molecule has 0 spiro atoms. The van der Waals surface area contributed by atoms with E-state index in [2.05, 4.69) is 28.2 Å². The molecule has 0 aliphatic rings. The van der Waals surface area contributed by atoms with Crippen LogP contribution in [0.5, 0.6) is 0 Å². The van der Waals surface area contributed by atoms with E-state index in [1.54, 1.807) is 34.4 Å². The SMILES string of the molecule is CCCc1nnc(Sc2nc3ccccc3s2)s1. The lowest BCUT2D eigenvalue weighted by atomic mass is 10.3. The molecule has 2 aromatic heterocycles. The van der Waals surface area contributed by atoms with Gasteiger partial charge in [0.2, 0.25) is 0 Å². The van der Waals surface area contributed by atoms with E-state index in [1.807, 2.05) is 18.2 Å². The van der Waals surface area contributed by atoms with Crippen molar-refractivity contribution < 1.29 is 0 Å². The predicted octanol–water partition coefficient (Wildman–Crippen LogP) is 4.25. The van der Waals surface area contributed by atoms with Crippen LogP contribution in [0.2, 0.25) is 0 Å². The van der Waals surface area contributed by atoms with Crippen LogP contribution < -0.4 is 0 Å². The van der Waals surface area contributed by atoms with Crippen molar-refractivity contribution in [2.24, 2.45) is 0 Å². The van der Waals surface area contributed by atoms with Crippen molar-refractivity contribution in [1.82, 2.24) is 15.2 Å². The third kappa shape index (κ3) is 2.55. The average molecular weight is 293 g/mol. The molecule has 0 atom stereocenters. The maximum absolute atomic E-state index is 4.58. The van der Waals surface area contributed by atoms with Gasteiger partial charge in [0.05, 0.1) is 10.2 Å². The van der Waals surface area contributed by atoms with Crippen molar-refractivity contribution in [3.05, 3.63) is 29.3 Å². The van der Waals surface area contributed by atoms with Crippen LogP contribution in [-0.4, -0.2) is 15.2 Å². The molecule has 0 N–H and O–H groups in total. The summed E-state index contributed by atoms with van der Waals surface area (Å²) < 4.78 is 3.24. The molecule has 0 radical (unpaired) electrons. The molecule has 0 fully saturated rings. The summed E-state index contributed by atoms with van der Waals surface area (Å²) in [6.45, 7) is 2.15. The van der Waals surface area contributed by atoms with E-state index < -0.39 is 0 Å². The maximum atomic E-state index is 4.58. The van der Waals surface area contributed by atoms with Crippen molar-refractivity contribution in [1.29, 1.82) is 0 Å². The lowest BCUT2D eigenvalue weighted by Gasteiger charge is -1.87. The van der Waals surface area contributed by atoms with Crippen molar-refractivity contribution >= 4 is 44.7 Å². The molecule has 2 heterocycles. The average Bonchev–Trinajstić information content (AvgIpc) is 2.96. The van der Waals surface area contributed by atoms with Gasteiger partial charge < -0.3 is 0 Å². The quantitative estimate of drug-likeness (QED) is 0.721. The van der Waals surface area contributed by atoms with E-state index in [-0.39, 0.29) is 0 Å². The number of para-hydroxylation sites is 1. The van der Waals surface area contributed by atoms with E-state index >= 15 is 0 Å². The molecule has 0 aliphatic carbocycles. The van der Waals surface area contributed by atoms with Gasteiger partial charge in [-0.1, -0.05) is 30.4 Å². The standard InChI is InChI=1S/C12H11N3S3/c1-2-5-10-14-15-12(17-10)18-11-13-8-6-3-4-7-9(8)16-11/h3-4,6-7H,2,5H2,1H3. The van der Waals surface area contributed by atoms with Gasteiger partial charge in [0.15, 0.2) is 8.68 Å². The summed E-state index contributed by atoms with van der Waals surface area (Å²) in [7, 11) is 0. The molecule has 0 bridgehead atoms. The second-order valence-electron chi connectivity index (χ2n) is 3.76. The number of hydrogen-bond donors (Lipinski definition) is 0. The molecule has 0 saturated heterocycles. The Morgan fingerprint density at radius 3 is 2.83 bits per heavy atom. The van der Waals surface area contributed by atoms with Gasteiger partial charge in [0.25, 0.3) is 0 Å². The highest BCUT2D eigenvalue weighted by Gasteiger charge is 2.09. The molecule has 6 heteroatoms. The zero-order chi connectivity index (χ0) is 12.4. The molecule has 3 rings (SSSR count). The van der Waals surface area contributed by atoms with Crippen LogP contribution in [0.3, 0.4) is 0 Å². The van der Waals surface area contributed by atoms with Crippen molar-refractivity contribution in [3.63, 3.8) is 0 Å². The maximum Gasteiger partial charge on any atom is 0.181 e. The van der Waals surface area contributed by atoms with Crippen molar-refractivity contribution in [2.75, 3.05) is 0 Å². The summed E-state index contributed by atoms with van der Waals surface area (Å²) in [6.07, 6.45) is 2.12. The van der Waals surface area contributed by atoms with Crippen LogP contribution in [0, 0.1) is 0 Å². The van der Waals surface area contributed by atoms with Gasteiger partial charge in [-0.2, -0.15) is 0 Å². The van der Waals surface area contributed by atoms with Crippen LogP contribution in [-0.2, 0) is 6.42 Å². The van der Waals surface area contributed by atoms with Gasteiger partial charge in [0.1, 0.15) is 5.01 Å². The van der Waals surface area contributed by atoms with Crippen LogP contribution in [0.25, 0.3) is 10.2 Å². The van der Waals surface area contributed by atoms with Gasteiger partial charge in [-0.3, -0.25) is 0 Å². The number of nitrogens with zero attached hydrogens (tertiary/aromatic N) is 3. The van der Waals surface area contributed by atoms with Crippen molar-refractivity contribution in [2.45, 2.75) is 28.4 Å². The molecule has 0 amide bonds.